The van der Waals surface area contributed by atoms with Gasteiger partial charge in [0.25, 0.3) is 0 Å². The zero-order valence-corrected chi connectivity index (χ0v) is 29.9. The van der Waals surface area contributed by atoms with E-state index in [1.807, 2.05) is 6.92 Å². The zero-order chi connectivity index (χ0) is 36.8. The van der Waals surface area contributed by atoms with Crippen molar-refractivity contribution in [1.29, 1.82) is 0 Å². The highest BCUT2D eigenvalue weighted by molar-refractivity contribution is 5.94. The lowest BCUT2D eigenvalue weighted by Crippen LogP contribution is -2.30. The monoisotopic (exact) mass is 706 g/mol. The number of methoxy groups -OCH3 is 1. The lowest BCUT2D eigenvalue weighted by Gasteiger charge is -2.26. The summed E-state index contributed by atoms with van der Waals surface area (Å²) in [7, 11) is 1.22. The van der Waals surface area contributed by atoms with E-state index in [4.69, 9.17) is 28.4 Å². The number of unbranched alkanes of at least 4 members (excludes halogenated alkanes) is 3. The van der Waals surface area contributed by atoms with Crippen molar-refractivity contribution in [2.24, 2.45) is 23.7 Å². The van der Waals surface area contributed by atoms with Crippen LogP contribution in [0.4, 0.5) is 0 Å². The number of aryl methyl sites for hydroxylation is 1. The topological polar surface area (TPSA) is 141 Å². The van der Waals surface area contributed by atoms with Gasteiger partial charge in [-0.2, -0.15) is 0 Å². The average Bonchev–Trinajstić information content (AvgIpc) is 3.13. The van der Waals surface area contributed by atoms with Crippen LogP contribution < -0.4 is 18.9 Å². The van der Waals surface area contributed by atoms with E-state index in [1.165, 1.54) is 25.3 Å². The summed E-state index contributed by atoms with van der Waals surface area (Å²) in [5, 5.41) is 0. The summed E-state index contributed by atoms with van der Waals surface area (Å²) in [6.07, 6.45) is 9.90. The largest absolute Gasteiger partial charge is 0.493 e. The minimum Gasteiger partial charge on any atom is -0.493 e. The highest BCUT2D eigenvalue weighted by atomic mass is 16.6. The maximum absolute atomic E-state index is 13.1. The van der Waals surface area contributed by atoms with Gasteiger partial charge in [-0.25, -0.2) is 9.59 Å². The van der Waals surface area contributed by atoms with Gasteiger partial charge < -0.3 is 28.4 Å². The lowest BCUT2D eigenvalue weighted by molar-refractivity contribution is -0.145. The van der Waals surface area contributed by atoms with Crippen LogP contribution in [0.1, 0.15) is 99.9 Å². The zero-order valence-electron chi connectivity index (χ0n) is 29.9. The minimum atomic E-state index is -0.721. The van der Waals surface area contributed by atoms with Crippen LogP contribution in [0.3, 0.4) is 0 Å². The molecular weight excluding hydrogens is 656 g/mol. The second kappa shape index (κ2) is 19.7. The van der Waals surface area contributed by atoms with Gasteiger partial charge in [0.1, 0.15) is 28.6 Å². The van der Waals surface area contributed by atoms with E-state index in [0.717, 1.165) is 63.0 Å². The van der Waals surface area contributed by atoms with Crippen molar-refractivity contribution in [1.82, 2.24) is 0 Å². The summed E-state index contributed by atoms with van der Waals surface area (Å²) >= 11 is 0. The first-order valence-electron chi connectivity index (χ1n) is 18.0. The van der Waals surface area contributed by atoms with E-state index in [9.17, 15) is 24.0 Å². The second-order valence-corrected chi connectivity index (χ2v) is 13.5. The first-order valence-corrected chi connectivity index (χ1v) is 18.0. The van der Waals surface area contributed by atoms with Gasteiger partial charge in [-0.05, 0) is 132 Å². The Bertz CT molecular complexity index is 1530. The molecular formula is C40H50O11. The van der Waals surface area contributed by atoms with Crippen LogP contribution in [0.2, 0.25) is 0 Å². The molecule has 2 aromatic rings. The van der Waals surface area contributed by atoms with E-state index in [2.05, 4.69) is 13.5 Å². The third-order valence-corrected chi connectivity index (χ3v) is 9.60. The Morgan fingerprint density at radius 3 is 1.75 bits per heavy atom. The Kier molecular flexibility index (Phi) is 15.1. The molecule has 2 aliphatic rings. The Balaban J connectivity index is 1.21. The molecule has 2 aromatic carbocycles. The summed E-state index contributed by atoms with van der Waals surface area (Å²) in [5.41, 5.74) is 0.831. The third kappa shape index (κ3) is 12.0. The van der Waals surface area contributed by atoms with Crippen molar-refractivity contribution in [3.05, 3.63) is 60.2 Å². The first kappa shape index (κ1) is 39.1. The van der Waals surface area contributed by atoms with Crippen LogP contribution in [0.15, 0.2) is 49.1 Å². The number of hydrogen-bond acceptors (Lipinski definition) is 11. The van der Waals surface area contributed by atoms with E-state index < -0.39 is 23.8 Å². The molecule has 0 radical (unpaired) electrons. The molecule has 0 heterocycles. The van der Waals surface area contributed by atoms with Gasteiger partial charge in [0.2, 0.25) is 0 Å². The SMILES string of the molecule is C=CC(=O)OCCCCCCOc1ccc(OC(=O)C2CCC(C(=O)Oc3ccc(OC(=O)C4CCC(C)CC4)cc3C(=O)OC)CC2)cc1C. The number of ether oxygens (including phenoxy) is 6. The molecule has 2 saturated carbocycles. The number of carbonyl (C=O) groups excluding carboxylic acids is 5. The van der Waals surface area contributed by atoms with Crippen molar-refractivity contribution >= 4 is 29.8 Å². The minimum absolute atomic E-state index is 0.0157. The van der Waals surface area contributed by atoms with Gasteiger partial charge in [-0.1, -0.05) is 13.5 Å². The molecule has 0 N–H and O–H groups in total. The molecule has 0 aromatic heterocycles. The van der Waals surface area contributed by atoms with Gasteiger partial charge in [-0.3, -0.25) is 14.4 Å². The molecule has 0 unspecified atom stereocenters. The van der Waals surface area contributed by atoms with E-state index in [0.29, 0.717) is 56.3 Å². The van der Waals surface area contributed by atoms with Gasteiger partial charge in [0, 0.05) is 6.08 Å². The van der Waals surface area contributed by atoms with Crippen molar-refractivity contribution in [3.8, 4) is 23.0 Å². The fourth-order valence-electron chi connectivity index (χ4n) is 6.40. The normalized spacial score (nSPS) is 20.0. The molecule has 4 rings (SSSR count). The van der Waals surface area contributed by atoms with Gasteiger partial charge >= 0.3 is 29.8 Å². The van der Waals surface area contributed by atoms with Crippen LogP contribution in [-0.4, -0.2) is 50.2 Å². The van der Waals surface area contributed by atoms with Crippen LogP contribution in [0, 0.1) is 30.6 Å². The number of benzene rings is 2. The molecule has 2 aliphatic carbocycles. The molecule has 0 aliphatic heterocycles. The van der Waals surface area contributed by atoms with Gasteiger partial charge in [0.05, 0.1) is 38.1 Å². The Morgan fingerprint density at radius 2 is 1.20 bits per heavy atom. The second-order valence-electron chi connectivity index (χ2n) is 13.5. The van der Waals surface area contributed by atoms with Crippen LogP contribution >= 0.6 is 0 Å². The molecule has 0 atom stereocenters. The van der Waals surface area contributed by atoms with E-state index in [-0.39, 0.29) is 40.8 Å². The summed E-state index contributed by atoms with van der Waals surface area (Å²) in [4.78, 5) is 62.5. The number of esters is 5. The third-order valence-electron chi connectivity index (χ3n) is 9.60. The average molecular weight is 707 g/mol. The fourth-order valence-corrected chi connectivity index (χ4v) is 6.40. The molecule has 0 bridgehead atoms. The predicted molar refractivity (Wildman–Crippen MR) is 188 cm³/mol. The first-order chi connectivity index (χ1) is 24.6. The number of carbonyl (C=O) groups is 5. The molecule has 2 fully saturated rings. The Morgan fingerprint density at radius 1 is 0.686 bits per heavy atom. The van der Waals surface area contributed by atoms with Gasteiger partial charge in [-0.15, -0.1) is 0 Å². The van der Waals surface area contributed by atoms with Crippen molar-refractivity contribution in [2.75, 3.05) is 20.3 Å². The van der Waals surface area contributed by atoms with E-state index in [1.54, 1.807) is 18.2 Å². The standard InChI is InChI=1S/C40H50O11/c1-5-36(41)48-23-9-7-6-8-22-47-34-20-18-31(24-27(34)3)49-38(43)29-14-16-30(17-15-29)39(44)51-35-21-19-32(25-33(35)40(45)46-4)50-37(42)28-12-10-26(2)11-13-28/h5,18-21,24-26,28-30H,1,6-17,22-23H2,2-4H3. The van der Waals surface area contributed by atoms with Crippen LogP contribution in [-0.2, 0) is 28.7 Å². The maximum atomic E-state index is 13.1. The summed E-state index contributed by atoms with van der Waals surface area (Å²) in [6.45, 7) is 8.36. The molecule has 276 valence electrons. The molecule has 11 nitrogen and oxygen atoms in total. The smallest absolute Gasteiger partial charge is 0.341 e. The van der Waals surface area contributed by atoms with Crippen molar-refractivity contribution in [2.45, 2.75) is 90.9 Å². The highest BCUT2D eigenvalue weighted by Crippen LogP contribution is 2.34. The summed E-state index contributed by atoms with van der Waals surface area (Å²) in [5.74, 6) is -1.38. The Hall–Kier alpha value is -4.67. The van der Waals surface area contributed by atoms with Crippen LogP contribution in [0.5, 0.6) is 23.0 Å². The molecule has 51 heavy (non-hydrogen) atoms. The van der Waals surface area contributed by atoms with Crippen molar-refractivity contribution in [3.63, 3.8) is 0 Å². The van der Waals surface area contributed by atoms with Crippen molar-refractivity contribution < 1.29 is 52.4 Å². The highest BCUT2D eigenvalue weighted by Gasteiger charge is 2.33. The molecule has 0 saturated heterocycles. The maximum Gasteiger partial charge on any atom is 0.341 e. The number of hydrogen-bond donors (Lipinski definition) is 0. The molecule has 0 spiro atoms. The Labute approximate surface area is 299 Å². The van der Waals surface area contributed by atoms with Crippen LogP contribution in [0.25, 0.3) is 0 Å². The summed E-state index contributed by atoms with van der Waals surface area (Å²) in [6, 6.07) is 9.57. The molecule has 0 amide bonds. The lowest BCUT2D eigenvalue weighted by atomic mass is 9.82. The summed E-state index contributed by atoms with van der Waals surface area (Å²) < 4.78 is 32.7. The number of rotatable bonds is 16. The molecule has 11 heteroatoms. The van der Waals surface area contributed by atoms with Gasteiger partial charge in [0.15, 0.2) is 0 Å². The quantitative estimate of drug-likeness (QED) is 0.0742. The van der Waals surface area contributed by atoms with E-state index >= 15 is 0 Å². The fraction of sp³-hybridized carbons (Fsp3) is 0.525. The predicted octanol–water partition coefficient (Wildman–Crippen LogP) is 7.50.